The third-order valence-corrected chi connectivity index (χ3v) is 7.20. The zero-order valence-corrected chi connectivity index (χ0v) is 20.2. The highest BCUT2D eigenvalue weighted by Crippen LogP contribution is 2.38. The van der Waals surface area contributed by atoms with E-state index in [2.05, 4.69) is 31.9 Å². The molecule has 1 aliphatic carbocycles. The van der Waals surface area contributed by atoms with Crippen LogP contribution in [0.3, 0.4) is 0 Å². The molecule has 166 valence electrons. The summed E-state index contributed by atoms with van der Waals surface area (Å²) in [6.07, 6.45) is 5.18. The lowest BCUT2D eigenvalue weighted by atomic mass is 10.0. The van der Waals surface area contributed by atoms with Gasteiger partial charge in [0, 0.05) is 21.6 Å². The van der Waals surface area contributed by atoms with Gasteiger partial charge in [0.1, 0.15) is 5.00 Å². The molecule has 0 aliphatic heterocycles. The summed E-state index contributed by atoms with van der Waals surface area (Å²) >= 11 is 4.96. The fourth-order valence-corrected chi connectivity index (χ4v) is 5.45. The van der Waals surface area contributed by atoms with Gasteiger partial charge in [-0.05, 0) is 61.1 Å². The number of rotatable bonds is 7. The summed E-state index contributed by atoms with van der Waals surface area (Å²) in [4.78, 5) is 27.1. The minimum Gasteiger partial charge on any atom is -0.322 e. The van der Waals surface area contributed by atoms with E-state index < -0.39 is 0 Å². The van der Waals surface area contributed by atoms with Crippen molar-refractivity contribution in [3.63, 3.8) is 0 Å². The molecule has 1 aromatic heterocycles. The monoisotopic (exact) mass is 511 g/mol. The maximum absolute atomic E-state index is 13.3. The number of hydrogen-bond acceptors (Lipinski definition) is 4. The van der Waals surface area contributed by atoms with Crippen LogP contribution in [0.15, 0.2) is 59.1 Å². The molecule has 0 saturated carbocycles. The Hall–Kier alpha value is -2.48. The summed E-state index contributed by atoms with van der Waals surface area (Å²) in [6, 6.07) is 17.5. The molecule has 0 atom stereocenters. The number of halogens is 1. The number of nitrogens with one attached hydrogen (secondary N) is 3. The Balaban J connectivity index is 1.48. The number of anilines is 2. The van der Waals surface area contributed by atoms with Gasteiger partial charge >= 0.3 is 0 Å². The van der Waals surface area contributed by atoms with Gasteiger partial charge in [-0.3, -0.25) is 9.59 Å². The molecule has 0 saturated heterocycles. The average molecular weight is 512 g/mol. The van der Waals surface area contributed by atoms with Crippen LogP contribution in [0.5, 0.6) is 0 Å². The highest BCUT2D eigenvalue weighted by atomic mass is 79.9. The molecule has 0 unspecified atom stereocenters. The van der Waals surface area contributed by atoms with E-state index in [1.54, 1.807) is 11.3 Å². The Bertz CT molecular complexity index is 1080. The number of thiophene rings is 1. The second-order valence-electron chi connectivity index (χ2n) is 7.87. The van der Waals surface area contributed by atoms with Gasteiger partial charge in [-0.15, -0.1) is 11.3 Å². The molecule has 5 nitrogen and oxygen atoms in total. The van der Waals surface area contributed by atoms with Crippen LogP contribution in [0.1, 0.15) is 45.6 Å². The van der Waals surface area contributed by atoms with Crippen molar-refractivity contribution in [2.45, 2.75) is 38.6 Å². The number of carbonyl (C=O) groups is 2. The number of hydrogen-bond donors (Lipinski definition) is 3. The summed E-state index contributed by atoms with van der Waals surface area (Å²) in [5.41, 5.74) is 3.56. The standard InChI is InChI=1S/C25H26BrN3O2S/c26-18-11-13-19(14-12-18)28-24(31)23-20-9-5-2-6-10-21(20)32-25(23)29-22(30)16-27-15-17-7-3-1-4-8-17/h1,3-4,7-8,11-14,27H,2,5-6,9-10,15-16H2,(H,28,31)(H,29,30). The van der Waals surface area contributed by atoms with Crippen LogP contribution in [0.2, 0.25) is 0 Å². The van der Waals surface area contributed by atoms with Crippen molar-refractivity contribution >= 4 is 49.8 Å². The van der Waals surface area contributed by atoms with Gasteiger partial charge in [0.15, 0.2) is 0 Å². The molecule has 1 aliphatic rings. The predicted molar refractivity (Wildman–Crippen MR) is 134 cm³/mol. The average Bonchev–Trinajstić information content (AvgIpc) is 2.96. The maximum atomic E-state index is 13.3. The van der Waals surface area contributed by atoms with Crippen LogP contribution in [0, 0.1) is 0 Å². The smallest absolute Gasteiger partial charge is 0.258 e. The highest BCUT2D eigenvalue weighted by molar-refractivity contribution is 9.10. The first-order valence-electron chi connectivity index (χ1n) is 10.9. The van der Waals surface area contributed by atoms with Gasteiger partial charge in [-0.25, -0.2) is 0 Å². The van der Waals surface area contributed by atoms with E-state index in [4.69, 9.17) is 0 Å². The lowest BCUT2D eigenvalue weighted by molar-refractivity contribution is -0.115. The quantitative estimate of drug-likeness (QED) is 0.353. The SMILES string of the molecule is O=C(CNCc1ccccc1)Nc1sc2c(c1C(=O)Nc1ccc(Br)cc1)CCCCC2. The molecule has 4 rings (SSSR count). The van der Waals surface area contributed by atoms with Crippen LogP contribution < -0.4 is 16.0 Å². The first-order valence-corrected chi connectivity index (χ1v) is 12.5. The molecule has 2 amide bonds. The van der Waals surface area contributed by atoms with Gasteiger partial charge in [0.25, 0.3) is 5.91 Å². The fourth-order valence-electron chi connectivity index (χ4n) is 3.88. The molecule has 2 aromatic carbocycles. The van der Waals surface area contributed by atoms with E-state index in [1.807, 2.05) is 54.6 Å². The van der Waals surface area contributed by atoms with Crippen molar-refractivity contribution in [3.05, 3.63) is 80.6 Å². The fraction of sp³-hybridized carbons (Fsp3) is 0.280. The Morgan fingerprint density at radius 1 is 0.906 bits per heavy atom. The molecular weight excluding hydrogens is 486 g/mol. The van der Waals surface area contributed by atoms with Crippen molar-refractivity contribution in [2.24, 2.45) is 0 Å². The van der Waals surface area contributed by atoms with Crippen molar-refractivity contribution in [1.29, 1.82) is 0 Å². The van der Waals surface area contributed by atoms with E-state index in [9.17, 15) is 9.59 Å². The molecule has 32 heavy (non-hydrogen) atoms. The van der Waals surface area contributed by atoms with Crippen molar-refractivity contribution < 1.29 is 9.59 Å². The van der Waals surface area contributed by atoms with Gasteiger partial charge in [-0.2, -0.15) is 0 Å². The number of amides is 2. The topological polar surface area (TPSA) is 70.2 Å². The molecule has 3 N–H and O–H groups in total. The van der Waals surface area contributed by atoms with E-state index in [1.165, 1.54) is 11.3 Å². The van der Waals surface area contributed by atoms with E-state index in [0.717, 1.165) is 47.0 Å². The third-order valence-electron chi connectivity index (χ3n) is 5.46. The highest BCUT2D eigenvalue weighted by Gasteiger charge is 2.25. The van der Waals surface area contributed by atoms with Crippen molar-refractivity contribution in [1.82, 2.24) is 5.32 Å². The summed E-state index contributed by atoms with van der Waals surface area (Å²) in [7, 11) is 0. The van der Waals surface area contributed by atoms with Crippen molar-refractivity contribution in [2.75, 3.05) is 17.2 Å². The van der Waals surface area contributed by atoms with E-state index in [-0.39, 0.29) is 18.4 Å². The molecule has 0 radical (unpaired) electrons. The molecular formula is C25H26BrN3O2S. The van der Waals surface area contributed by atoms with Crippen LogP contribution >= 0.6 is 27.3 Å². The Kier molecular flexibility index (Phi) is 7.73. The zero-order chi connectivity index (χ0) is 22.3. The molecule has 1 heterocycles. The number of aryl methyl sites for hydroxylation is 1. The minimum absolute atomic E-state index is 0.143. The van der Waals surface area contributed by atoms with Gasteiger partial charge < -0.3 is 16.0 Å². The predicted octanol–water partition coefficient (Wildman–Crippen LogP) is 5.76. The van der Waals surface area contributed by atoms with Crippen LogP contribution in [-0.4, -0.2) is 18.4 Å². The first kappa shape index (κ1) is 22.7. The summed E-state index contributed by atoms with van der Waals surface area (Å²) in [5, 5.41) is 9.83. The van der Waals surface area contributed by atoms with Gasteiger partial charge in [0.05, 0.1) is 12.1 Å². The normalized spacial score (nSPS) is 13.2. The number of benzene rings is 2. The lowest BCUT2D eigenvalue weighted by Gasteiger charge is -2.11. The molecule has 7 heteroatoms. The van der Waals surface area contributed by atoms with Crippen molar-refractivity contribution in [3.8, 4) is 0 Å². The molecule has 0 fully saturated rings. The Morgan fingerprint density at radius 2 is 1.66 bits per heavy atom. The van der Waals surface area contributed by atoms with Crippen LogP contribution in [-0.2, 0) is 24.2 Å². The summed E-state index contributed by atoms with van der Waals surface area (Å²) in [6.45, 7) is 0.803. The van der Waals surface area contributed by atoms with E-state index in [0.29, 0.717) is 17.1 Å². The minimum atomic E-state index is -0.167. The summed E-state index contributed by atoms with van der Waals surface area (Å²) in [5.74, 6) is -0.311. The second-order valence-corrected chi connectivity index (χ2v) is 9.89. The molecule has 3 aromatic rings. The van der Waals surface area contributed by atoms with Gasteiger partial charge in [-0.1, -0.05) is 52.7 Å². The Labute approximate surface area is 200 Å². The third kappa shape index (κ3) is 5.85. The first-order chi connectivity index (χ1) is 15.6. The van der Waals surface area contributed by atoms with E-state index >= 15 is 0 Å². The Morgan fingerprint density at radius 3 is 2.44 bits per heavy atom. The van der Waals surface area contributed by atoms with Gasteiger partial charge in [0.2, 0.25) is 5.91 Å². The lowest BCUT2D eigenvalue weighted by Crippen LogP contribution is -2.28. The number of fused-ring (bicyclic) bond motifs is 1. The molecule has 0 bridgehead atoms. The van der Waals surface area contributed by atoms with Crippen LogP contribution in [0.4, 0.5) is 10.7 Å². The maximum Gasteiger partial charge on any atom is 0.258 e. The van der Waals surface area contributed by atoms with Crippen LogP contribution in [0.25, 0.3) is 0 Å². The summed E-state index contributed by atoms with van der Waals surface area (Å²) < 4.78 is 0.954. The number of carbonyl (C=O) groups excluding carboxylic acids is 2. The largest absolute Gasteiger partial charge is 0.322 e. The second kappa shape index (κ2) is 10.9. The zero-order valence-electron chi connectivity index (χ0n) is 17.7. The molecule has 0 spiro atoms.